The number of pyridine rings is 1. The van der Waals surface area contributed by atoms with Gasteiger partial charge in [0.1, 0.15) is 6.33 Å². The van der Waals surface area contributed by atoms with Crippen molar-refractivity contribution in [3.8, 4) is 11.3 Å². The lowest BCUT2D eigenvalue weighted by Gasteiger charge is -2.15. The third-order valence-corrected chi connectivity index (χ3v) is 4.38. The molecule has 5 nitrogen and oxygen atoms in total. The number of benzene rings is 1. The Hall–Kier alpha value is -2.90. The first-order valence-corrected chi connectivity index (χ1v) is 8.16. The number of hydrogen-bond donors (Lipinski definition) is 1. The van der Waals surface area contributed by atoms with Crippen molar-refractivity contribution in [1.82, 2.24) is 14.6 Å². The van der Waals surface area contributed by atoms with Gasteiger partial charge in [0.05, 0.1) is 16.9 Å². The topological polar surface area (TPSA) is 59.3 Å². The smallest absolute Gasteiger partial charge is 0.326 e. The van der Waals surface area contributed by atoms with Gasteiger partial charge in [-0.2, -0.15) is 18.3 Å². The van der Waals surface area contributed by atoms with Crippen LogP contribution in [0.25, 0.3) is 16.9 Å². The van der Waals surface area contributed by atoms with Crippen molar-refractivity contribution < 1.29 is 18.0 Å². The number of hydrogen-bond acceptors (Lipinski definition) is 3. The van der Waals surface area contributed by atoms with E-state index in [0.717, 1.165) is 30.5 Å². The van der Waals surface area contributed by atoms with Crippen molar-refractivity contribution in [2.75, 3.05) is 5.32 Å². The van der Waals surface area contributed by atoms with Crippen LogP contribution < -0.4 is 5.32 Å². The highest BCUT2D eigenvalue weighted by atomic mass is 19.4. The summed E-state index contributed by atoms with van der Waals surface area (Å²) in [4.78, 5) is 15.7. The Morgan fingerprint density at radius 2 is 2.00 bits per heavy atom. The van der Waals surface area contributed by atoms with Crippen LogP contribution in [0.4, 0.5) is 18.9 Å². The van der Waals surface area contributed by atoms with E-state index >= 15 is 0 Å². The number of alkyl halides is 3. The number of anilines is 1. The van der Waals surface area contributed by atoms with Gasteiger partial charge in [0, 0.05) is 12.5 Å². The average molecular weight is 360 g/mol. The van der Waals surface area contributed by atoms with Gasteiger partial charge in [-0.05, 0) is 48.6 Å². The number of carbonyl (C=O) groups excluding carboxylic acids is 1. The summed E-state index contributed by atoms with van der Waals surface area (Å²) in [5.74, 6) is -0.00660. The molecule has 3 aromatic rings. The summed E-state index contributed by atoms with van der Waals surface area (Å²) in [6.45, 7) is 1.26. The normalized spacial score (nSPS) is 14.6. The third-order valence-electron chi connectivity index (χ3n) is 4.38. The molecule has 1 saturated carbocycles. The molecule has 0 aliphatic heterocycles. The fourth-order valence-electron chi connectivity index (χ4n) is 3.03. The summed E-state index contributed by atoms with van der Waals surface area (Å²) >= 11 is 0. The van der Waals surface area contributed by atoms with Crippen LogP contribution in [-0.2, 0) is 11.0 Å². The predicted molar refractivity (Wildman–Crippen MR) is 89.7 cm³/mol. The van der Waals surface area contributed by atoms with E-state index in [4.69, 9.17) is 0 Å². The van der Waals surface area contributed by atoms with Crippen molar-refractivity contribution in [1.29, 1.82) is 0 Å². The Balaban J connectivity index is 1.93. The number of nitrogens with zero attached hydrogens (tertiary/aromatic N) is 3. The summed E-state index contributed by atoms with van der Waals surface area (Å²) in [6, 6.07) is 7.17. The molecular formula is C18H15F3N4O. The molecule has 0 spiro atoms. The van der Waals surface area contributed by atoms with Crippen LogP contribution in [0.15, 0.2) is 36.7 Å². The quantitative estimate of drug-likeness (QED) is 0.760. The minimum Gasteiger partial charge on any atom is -0.326 e. The molecule has 0 unspecified atom stereocenters. The highest BCUT2D eigenvalue weighted by Gasteiger charge is 2.32. The SMILES string of the molecule is CC(=O)Nc1cc(C(F)(F)F)ccc1-c1cc(C2CC2)cc2ncnn12. The van der Waals surface area contributed by atoms with Gasteiger partial charge in [0.15, 0.2) is 5.65 Å². The summed E-state index contributed by atoms with van der Waals surface area (Å²) in [7, 11) is 0. The number of nitrogens with one attached hydrogen (secondary N) is 1. The lowest BCUT2D eigenvalue weighted by molar-refractivity contribution is -0.137. The Morgan fingerprint density at radius 1 is 1.23 bits per heavy atom. The lowest BCUT2D eigenvalue weighted by atomic mass is 10.0. The third kappa shape index (κ3) is 3.02. The molecular weight excluding hydrogens is 345 g/mol. The van der Waals surface area contributed by atoms with E-state index in [0.29, 0.717) is 22.8 Å². The fraction of sp³-hybridized carbons (Fsp3) is 0.278. The van der Waals surface area contributed by atoms with E-state index in [-0.39, 0.29) is 5.69 Å². The second-order valence-electron chi connectivity index (χ2n) is 6.42. The number of carbonyl (C=O) groups is 1. The maximum Gasteiger partial charge on any atom is 0.416 e. The fourth-order valence-corrected chi connectivity index (χ4v) is 3.03. The Kier molecular flexibility index (Phi) is 3.71. The molecule has 0 atom stereocenters. The van der Waals surface area contributed by atoms with Gasteiger partial charge in [0.2, 0.25) is 5.91 Å². The molecule has 2 heterocycles. The van der Waals surface area contributed by atoms with Crippen LogP contribution in [0.5, 0.6) is 0 Å². The van der Waals surface area contributed by atoms with Gasteiger partial charge >= 0.3 is 6.18 Å². The number of aromatic nitrogens is 3. The predicted octanol–water partition coefficient (Wildman–Crippen LogP) is 4.25. The van der Waals surface area contributed by atoms with Crippen LogP contribution in [0.2, 0.25) is 0 Å². The van der Waals surface area contributed by atoms with Crippen molar-refractivity contribution in [2.24, 2.45) is 0 Å². The maximum absolute atomic E-state index is 13.1. The van der Waals surface area contributed by atoms with Crippen molar-refractivity contribution in [3.63, 3.8) is 0 Å². The molecule has 0 saturated heterocycles. The monoisotopic (exact) mass is 360 g/mol. The molecule has 0 bridgehead atoms. The standard InChI is InChI=1S/C18H15F3N4O/c1-10(26)24-15-8-13(18(19,20)21)4-5-14(15)16-6-12(11-2-3-11)7-17-22-9-23-25(16)17/h4-9,11H,2-3H2,1H3,(H,24,26). The summed E-state index contributed by atoms with van der Waals surface area (Å²) < 4.78 is 40.8. The zero-order valence-electron chi connectivity index (χ0n) is 13.8. The van der Waals surface area contributed by atoms with Crippen molar-refractivity contribution in [2.45, 2.75) is 31.9 Å². The van der Waals surface area contributed by atoms with Crippen LogP contribution in [0.3, 0.4) is 0 Å². The Labute approximate surface area is 146 Å². The highest BCUT2D eigenvalue weighted by molar-refractivity contribution is 5.94. The van der Waals surface area contributed by atoms with E-state index in [1.54, 1.807) is 4.52 Å². The van der Waals surface area contributed by atoms with E-state index in [2.05, 4.69) is 15.4 Å². The molecule has 1 aliphatic rings. The second kappa shape index (κ2) is 5.82. The van der Waals surface area contributed by atoms with Crippen molar-refractivity contribution >= 4 is 17.2 Å². The molecule has 1 amide bonds. The first-order chi connectivity index (χ1) is 12.3. The number of amides is 1. The molecule has 8 heteroatoms. The van der Waals surface area contributed by atoms with Crippen LogP contribution in [0, 0.1) is 0 Å². The lowest BCUT2D eigenvalue weighted by Crippen LogP contribution is -2.11. The zero-order chi connectivity index (χ0) is 18.5. The molecule has 1 aliphatic carbocycles. The first kappa shape index (κ1) is 16.6. The number of fused-ring (bicyclic) bond motifs is 1. The molecule has 1 fully saturated rings. The van der Waals surface area contributed by atoms with Gasteiger partial charge in [-0.25, -0.2) is 9.50 Å². The minimum absolute atomic E-state index is 0.0945. The summed E-state index contributed by atoms with van der Waals surface area (Å²) in [5.41, 5.74) is 2.04. The van der Waals surface area contributed by atoms with Gasteiger partial charge in [0.25, 0.3) is 0 Å². The molecule has 0 radical (unpaired) electrons. The number of rotatable bonds is 3. The van der Waals surface area contributed by atoms with Crippen LogP contribution >= 0.6 is 0 Å². The Bertz CT molecular complexity index is 1010. The number of halogens is 3. The van der Waals surface area contributed by atoms with Gasteiger partial charge in [-0.1, -0.05) is 6.07 Å². The van der Waals surface area contributed by atoms with Crippen LogP contribution in [-0.4, -0.2) is 20.5 Å². The highest BCUT2D eigenvalue weighted by Crippen LogP contribution is 2.42. The van der Waals surface area contributed by atoms with Crippen molar-refractivity contribution in [3.05, 3.63) is 47.8 Å². The largest absolute Gasteiger partial charge is 0.416 e. The van der Waals surface area contributed by atoms with E-state index in [9.17, 15) is 18.0 Å². The van der Waals surface area contributed by atoms with E-state index in [1.165, 1.54) is 19.3 Å². The molecule has 1 aromatic carbocycles. The minimum atomic E-state index is -4.50. The van der Waals surface area contributed by atoms with Gasteiger partial charge < -0.3 is 5.32 Å². The molecule has 2 aromatic heterocycles. The van der Waals surface area contributed by atoms with Gasteiger partial charge in [-0.3, -0.25) is 4.79 Å². The second-order valence-corrected chi connectivity index (χ2v) is 6.42. The van der Waals surface area contributed by atoms with Crippen LogP contribution in [0.1, 0.15) is 36.8 Å². The summed E-state index contributed by atoms with van der Waals surface area (Å²) in [6.07, 6.45) is -0.938. The molecule has 4 rings (SSSR count). The summed E-state index contributed by atoms with van der Waals surface area (Å²) in [5, 5.41) is 6.68. The van der Waals surface area contributed by atoms with Gasteiger partial charge in [-0.15, -0.1) is 0 Å². The average Bonchev–Trinajstić information content (AvgIpc) is 3.30. The molecule has 26 heavy (non-hydrogen) atoms. The zero-order valence-corrected chi connectivity index (χ0v) is 13.8. The maximum atomic E-state index is 13.1. The Morgan fingerprint density at radius 3 is 2.65 bits per heavy atom. The molecule has 134 valence electrons. The van der Waals surface area contributed by atoms with E-state index < -0.39 is 17.6 Å². The molecule has 1 N–H and O–H groups in total. The first-order valence-electron chi connectivity index (χ1n) is 8.16. The van der Waals surface area contributed by atoms with E-state index in [1.807, 2.05) is 12.1 Å².